The molecular weight excluding hydrogens is 356 g/mol. The first-order valence-electron chi connectivity index (χ1n) is 8.84. The zero-order chi connectivity index (χ0) is 19.9. The second-order valence-corrected chi connectivity index (χ2v) is 6.30. The van der Waals surface area contributed by atoms with E-state index in [1.54, 1.807) is 19.2 Å². The Morgan fingerprint density at radius 1 is 0.964 bits per heavy atom. The number of hydrogen-bond acceptors (Lipinski definition) is 6. The fourth-order valence-corrected chi connectivity index (χ4v) is 2.43. The van der Waals surface area contributed by atoms with Gasteiger partial charge in [0.2, 0.25) is 5.95 Å². The van der Waals surface area contributed by atoms with E-state index in [-0.39, 0.29) is 12.0 Å². The van der Waals surface area contributed by atoms with Crippen molar-refractivity contribution in [1.29, 1.82) is 0 Å². The molecule has 3 aromatic rings. The third kappa shape index (κ3) is 5.20. The van der Waals surface area contributed by atoms with E-state index in [1.165, 1.54) is 12.4 Å². The van der Waals surface area contributed by atoms with E-state index in [2.05, 4.69) is 20.6 Å². The molecule has 1 aromatic heterocycles. The van der Waals surface area contributed by atoms with Crippen molar-refractivity contribution in [1.82, 2.24) is 9.97 Å². The Morgan fingerprint density at radius 3 is 2.32 bits per heavy atom. The first-order chi connectivity index (χ1) is 13.5. The quantitative estimate of drug-likeness (QED) is 0.639. The Hall–Kier alpha value is -3.61. The monoisotopic (exact) mass is 378 g/mol. The van der Waals surface area contributed by atoms with Gasteiger partial charge in [-0.3, -0.25) is 4.79 Å². The van der Waals surface area contributed by atoms with Gasteiger partial charge in [0, 0.05) is 29.8 Å². The van der Waals surface area contributed by atoms with Crippen LogP contribution in [0.4, 0.5) is 17.3 Å². The van der Waals surface area contributed by atoms with Crippen molar-refractivity contribution in [3.63, 3.8) is 0 Å². The van der Waals surface area contributed by atoms with E-state index in [0.717, 1.165) is 17.2 Å². The summed E-state index contributed by atoms with van der Waals surface area (Å²) in [7, 11) is 1.61. The lowest BCUT2D eigenvalue weighted by atomic mass is 10.2. The molecule has 0 aliphatic carbocycles. The number of carbonyl (C=O) groups is 1. The van der Waals surface area contributed by atoms with Crippen molar-refractivity contribution in [2.45, 2.75) is 20.0 Å². The molecule has 7 heteroatoms. The van der Waals surface area contributed by atoms with E-state index in [1.807, 2.05) is 50.2 Å². The Morgan fingerprint density at radius 2 is 1.68 bits per heavy atom. The largest absolute Gasteiger partial charge is 0.497 e. The molecule has 0 saturated carbocycles. The summed E-state index contributed by atoms with van der Waals surface area (Å²) in [6.07, 6.45) is 3.05. The molecule has 0 saturated heterocycles. The summed E-state index contributed by atoms with van der Waals surface area (Å²) in [4.78, 5) is 20.8. The minimum Gasteiger partial charge on any atom is -0.497 e. The zero-order valence-corrected chi connectivity index (χ0v) is 16.0. The highest BCUT2D eigenvalue weighted by Crippen LogP contribution is 2.20. The van der Waals surface area contributed by atoms with Crippen LogP contribution in [0, 0.1) is 0 Å². The fourth-order valence-electron chi connectivity index (χ4n) is 2.43. The normalized spacial score (nSPS) is 10.4. The second kappa shape index (κ2) is 8.85. The van der Waals surface area contributed by atoms with Gasteiger partial charge in [0.25, 0.3) is 5.91 Å². The number of anilines is 3. The lowest BCUT2D eigenvalue weighted by molar-refractivity contribution is 0.102. The van der Waals surface area contributed by atoms with Gasteiger partial charge in [-0.15, -0.1) is 0 Å². The van der Waals surface area contributed by atoms with Crippen LogP contribution in [0.5, 0.6) is 11.5 Å². The predicted octanol–water partition coefficient (Wildman–Crippen LogP) is 4.27. The van der Waals surface area contributed by atoms with E-state index in [0.29, 0.717) is 17.2 Å². The third-order valence-electron chi connectivity index (χ3n) is 3.72. The molecule has 0 bridgehead atoms. The third-order valence-corrected chi connectivity index (χ3v) is 3.72. The number of benzene rings is 2. The van der Waals surface area contributed by atoms with Crippen LogP contribution >= 0.6 is 0 Å². The maximum Gasteiger partial charge on any atom is 0.258 e. The molecule has 0 radical (unpaired) electrons. The molecule has 0 aliphatic heterocycles. The number of hydrogen-bond donors (Lipinski definition) is 2. The minimum atomic E-state index is -0.287. The van der Waals surface area contributed by atoms with Gasteiger partial charge in [-0.05, 0) is 50.2 Å². The van der Waals surface area contributed by atoms with Gasteiger partial charge in [0.15, 0.2) is 0 Å². The first kappa shape index (κ1) is 19.2. The van der Waals surface area contributed by atoms with Crippen molar-refractivity contribution >= 4 is 23.2 Å². The molecule has 0 aliphatic rings. The second-order valence-electron chi connectivity index (χ2n) is 6.30. The van der Waals surface area contributed by atoms with Crippen LogP contribution in [-0.2, 0) is 0 Å². The maximum atomic E-state index is 12.4. The van der Waals surface area contributed by atoms with Crippen molar-refractivity contribution in [3.05, 3.63) is 66.5 Å². The van der Waals surface area contributed by atoms with Crippen LogP contribution in [0.25, 0.3) is 0 Å². The van der Waals surface area contributed by atoms with Gasteiger partial charge in [-0.25, -0.2) is 9.97 Å². The number of carbonyl (C=O) groups excluding carboxylic acids is 1. The molecular formula is C21H22N4O3. The first-order valence-corrected chi connectivity index (χ1v) is 8.84. The Balaban J connectivity index is 1.61. The van der Waals surface area contributed by atoms with Crippen LogP contribution in [0.15, 0.2) is 60.9 Å². The average Bonchev–Trinajstić information content (AvgIpc) is 2.70. The summed E-state index contributed by atoms with van der Waals surface area (Å²) in [6, 6.07) is 14.6. The molecule has 1 amide bonds. The van der Waals surface area contributed by atoms with Crippen molar-refractivity contribution < 1.29 is 14.3 Å². The van der Waals surface area contributed by atoms with Crippen molar-refractivity contribution in [2.75, 3.05) is 17.7 Å². The number of aromatic nitrogens is 2. The van der Waals surface area contributed by atoms with Crippen LogP contribution in [-0.4, -0.2) is 29.1 Å². The Kier molecular flexibility index (Phi) is 6.06. The summed E-state index contributed by atoms with van der Waals surface area (Å²) in [6.45, 7) is 3.92. The highest BCUT2D eigenvalue weighted by Gasteiger charge is 2.09. The molecule has 0 fully saturated rings. The molecule has 7 nitrogen and oxygen atoms in total. The molecule has 2 aromatic carbocycles. The van der Waals surface area contributed by atoms with Gasteiger partial charge in [0.1, 0.15) is 11.5 Å². The van der Waals surface area contributed by atoms with Crippen LogP contribution in [0.1, 0.15) is 24.2 Å². The van der Waals surface area contributed by atoms with Gasteiger partial charge in [-0.2, -0.15) is 0 Å². The minimum absolute atomic E-state index is 0.0988. The number of nitrogens with zero attached hydrogens (tertiary/aromatic N) is 2. The molecule has 28 heavy (non-hydrogen) atoms. The molecule has 1 heterocycles. The Labute approximate surface area is 163 Å². The van der Waals surface area contributed by atoms with Crippen LogP contribution < -0.4 is 20.1 Å². The van der Waals surface area contributed by atoms with Gasteiger partial charge in [0.05, 0.1) is 18.8 Å². The fraction of sp³-hybridized carbons (Fsp3) is 0.190. The highest BCUT2D eigenvalue weighted by atomic mass is 16.5. The topological polar surface area (TPSA) is 85.4 Å². The lowest BCUT2D eigenvalue weighted by Gasteiger charge is -2.11. The molecule has 0 unspecified atom stereocenters. The predicted molar refractivity (Wildman–Crippen MR) is 108 cm³/mol. The summed E-state index contributed by atoms with van der Waals surface area (Å²) >= 11 is 0. The molecule has 3 rings (SSSR count). The van der Waals surface area contributed by atoms with Crippen molar-refractivity contribution in [2.24, 2.45) is 0 Å². The van der Waals surface area contributed by atoms with E-state index < -0.39 is 0 Å². The van der Waals surface area contributed by atoms with Crippen LogP contribution in [0.3, 0.4) is 0 Å². The number of methoxy groups -OCH3 is 1. The van der Waals surface area contributed by atoms with E-state index in [4.69, 9.17) is 9.47 Å². The van der Waals surface area contributed by atoms with E-state index >= 15 is 0 Å². The summed E-state index contributed by atoms with van der Waals surface area (Å²) in [5.74, 6) is 1.58. The number of amides is 1. The number of nitrogens with one attached hydrogen (secondary N) is 2. The molecule has 0 atom stereocenters. The molecule has 0 spiro atoms. The smallest absolute Gasteiger partial charge is 0.258 e. The Bertz CT molecular complexity index is 925. The summed E-state index contributed by atoms with van der Waals surface area (Å²) in [5.41, 5.74) is 1.82. The standard InChI is InChI=1S/C21H22N4O3/c1-14(2)28-18-9-7-16(8-10-18)24-20(26)15-12-22-21(23-13-15)25-17-5-4-6-19(11-17)27-3/h4-14H,1-3H3,(H,24,26)(H,22,23,25). The van der Waals surface area contributed by atoms with Crippen molar-refractivity contribution in [3.8, 4) is 11.5 Å². The number of rotatable bonds is 7. The maximum absolute atomic E-state index is 12.4. The zero-order valence-electron chi connectivity index (χ0n) is 16.0. The summed E-state index contributed by atoms with van der Waals surface area (Å²) in [5, 5.41) is 5.88. The number of ether oxygens (including phenoxy) is 2. The van der Waals surface area contributed by atoms with Gasteiger partial charge < -0.3 is 20.1 Å². The van der Waals surface area contributed by atoms with Gasteiger partial charge >= 0.3 is 0 Å². The summed E-state index contributed by atoms with van der Waals surface area (Å²) < 4.78 is 10.8. The SMILES string of the molecule is COc1cccc(Nc2ncc(C(=O)Nc3ccc(OC(C)C)cc3)cn2)c1. The van der Waals surface area contributed by atoms with Crippen LogP contribution in [0.2, 0.25) is 0 Å². The van der Waals surface area contributed by atoms with E-state index in [9.17, 15) is 4.79 Å². The average molecular weight is 378 g/mol. The molecule has 2 N–H and O–H groups in total. The van der Waals surface area contributed by atoms with Gasteiger partial charge in [-0.1, -0.05) is 6.07 Å². The lowest BCUT2D eigenvalue weighted by Crippen LogP contribution is -2.13. The highest BCUT2D eigenvalue weighted by molar-refractivity contribution is 6.03. The molecule has 144 valence electrons.